The first-order chi connectivity index (χ1) is 13.4. The SMILES string of the molecule is COc1ccc(NC(=O)c2c(C)nn(Cc3ccc(C)cc3)c2Cl)cc1OC. The van der Waals surface area contributed by atoms with Crippen LogP contribution in [0.2, 0.25) is 5.15 Å². The summed E-state index contributed by atoms with van der Waals surface area (Å²) in [6.45, 7) is 4.29. The minimum Gasteiger partial charge on any atom is -0.493 e. The molecule has 0 radical (unpaired) electrons. The number of rotatable bonds is 6. The zero-order valence-electron chi connectivity index (χ0n) is 16.2. The summed E-state index contributed by atoms with van der Waals surface area (Å²) >= 11 is 6.47. The van der Waals surface area contributed by atoms with Crippen molar-refractivity contribution in [3.05, 3.63) is 70.0 Å². The highest BCUT2D eigenvalue weighted by Crippen LogP contribution is 2.30. The first kappa shape index (κ1) is 19.8. The van der Waals surface area contributed by atoms with Crippen LogP contribution >= 0.6 is 11.6 Å². The van der Waals surface area contributed by atoms with Gasteiger partial charge in [-0.1, -0.05) is 41.4 Å². The summed E-state index contributed by atoms with van der Waals surface area (Å²) < 4.78 is 12.1. The van der Waals surface area contributed by atoms with Crippen LogP contribution in [0.25, 0.3) is 0 Å². The molecule has 3 rings (SSSR count). The number of hydrogen-bond donors (Lipinski definition) is 1. The second-order valence-corrected chi connectivity index (χ2v) is 6.78. The fraction of sp³-hybridized carbons (Fsp3) is 0.238. The molecule has 0 saturated heterocycles. The van der Waals surface area contributed by atoms with E-state index in [2.05, 4.69) is 10.4 Å². The van der Waals surface area contributed by atoms with Crippen LogP contribution in [0.15, 0.2) is 42.5 Å². The number of hydrogen-bond acceptors (Lipinski definition) is 4. The largest absolute Gasteiger partial charge is 0.493 e. The number of aromatic nitrogens is 2. The van der Waals surface area contributed by atoms with Gasteiger partial charge >= 0.3 is 0 Å². The van der Waals surface area contributed by atoms with Crippen LogP contribution in [0.3, 0.4) is 0 Å². The van der Waals surface area contributed by atoms with E-state index in [9.17, 15) is 4.79 Å². The van der Waals surface area contributed by atoms with Crippen molar-refractivity contribution in [1.29, 1.82) is 0 Å². The lowest BCUT2D eigenvalue weighted by molar-refractivity contribution is 0.102. The molecule has 0 aliphatic rings. The molecule has 0 saturated carbocycles. The van der Waals surface area contributed by atoms with Crippen molar-refractivity contribution in [2.24, 2.45) is 0 Å². The Morgan fingerprint density at radius 1 is 1.07 bits per heavy atom. The number of aryl methyl sites for hydroxylation is 2. The summed E-state index contributed by atoms with van der Waals surface area (Å²) in [5.41, 5.74) is 3.73. The Kier molecular flexibility index (Phi) is 5.90. The molecule has 0 aliphatic carbocycles. The summed E-state index contributed by atoms with van der Waals surface area (Å²) in [6, 6.07) is 13.3. The van der Waals surface area contributed by atoms with Gasteiger partial charge in [0, 0.05) is 11.8 Å². The molecular weight excluding hydrogens is 378 g/mol. The molecular formula is C21H22ClN3O3. The van der Waals surface area contributed by atoms with E-state index < -0.39 is 0 Å². The van der Waals surface area contributed by atoms with E-state index in [-0.39, 0.29) is 5.91 Å². The van der Waals surface area contributed by atoms with Gasteiger partial charge in [-0.2, -0.15) is 5.10 Å². The minimum absolute atomic E-state index is 0.302. The Morgan fingerprint density at radius 2 is 1.75 bits per heavy atom. The lowest BCUT2D eigenvalue weighted by Gasteiger charge is -2.10. The molecule has 1 aromatic heterocycles. The molecule has 7 heteroatoms. The third-order valence-corrected chi connectivity index (χ3v) is 4.77. The van der Waals surface area contributed by atoms with Crippen molar-refractivity contribution < 1.29 is 14.3 Å². The number of carbonyl (C=O) groups is 1. The van der Waals surface area contributed by atoms with E-state index >= 15 is 0 Å². The first-order valence-corrected chi connectivity index (χ1v) is 9.12. The van der Waals surface area contributed by atoms with Gasteiger partial charge in [-0.3, -0.25) is 4.79 Å². The second-order valence-electron chi connectivity index (χ2n) is 6.42. The monoisotopic (exact) mass is 399 g/mol. The average Bonchev–Trinajstić information content (AvgIpc) is 2.96. The van der Waals surface area contributed by atoms with E-state index in [1.165, 1.54) is 5.56 Å². The normalized spacial score (nSPS) is 10.6. The van der Waals surface area contributed by atoms with Crippen molar-refractivity contribution in [2.45, 2.75) is 20.4 Å². The van der Waals surface area contributed by atoms with Gasteiger partial charge in [0.05, 0.1) is 32.0 Å². The van der Waals surface area contributed by atoms with E-state index in [0.29, 0.717) is 40.1 Å². The van der Waals surface area contributed by atoms with Crippen molar-refractivity contribution in [3.63, 3.8) is 0 Å². The number of methoxy groups -OCH3 is 2. The van der Waals surface area contributed by atoms with Crippen LogP contribution in [0, 0.1) is 13.8 Å². The van der Waals surface area contributed by atoms with Gasteiger partial charge < -0.3 is 14.8 Å². The van der Waals surface area contributed by atoms with E-state index in [1.54, 1.807) is 44.0 Å². The molecule has 0 fully saturated rings. The van der Waals surface area contributed by atoms with Crippen molar-refractivity contribution >= 4 is 23.2 Å². The molecule has 0 unspecified atom stereocenters. The summed E-state index contributed by atoms with van der Waals surface area (Å²) in [4.78, 5) is 12.8. The summed E-state index contributed by atoms with van der Waals surface area (Å²) in [5, 5.41) is 7.57. The van der Waals surface area contributed by atoms with Crippen LogP contribution in [-0.4, -0.2) is 29.9 Å². The van der Waals surface area contributed by atoms with Gasteiger partial charge in [-0.25, -0.2) is 4.68 Å². The molecule has 0 bridgehead atoms. The smallest absolute Gasteiger partial charge is 0.260 e. The Balaban J connectivity index is 1.82. The Hall–Kier alpha value is -2.99. The van der Waals surface area contributed by atoms with Gasteiger partial charge in [0.1, 0.15) is 5.15 Å². The van der Waals surface area contributed by atoms with Crippen LogP contribution in [0.1, 0.15) is 27.2 Å². The maximum atomic E-state index is 12.8. The third-order valence-electron chi connectivity index (χ3n) is 4.39. The minimum atomic E-state index is -0.329. The number of amides is 1. The number of nitrogens with one attached hydrogen (secondary N) is 1. The highest BCUT2D eigenvalue weighted by molar-refractivity contribution is 6.33. The Morgan fingerprint density at radius 3 is 2.39 bits per heavy atom. The molecule has 2 aromatic carbocycles. The maximum absolute atomic E-state index is 12.8. The Bertz CT molecular complexity index is 997. The molecule has 28 heavy (non-hydrogen) atoms. The number of carbonyl (C=O) groups excluding carboxylic acids is 1. The standard InChI is InChI=1S/C21H22ClN3O3/c1-13-5-7-15(8-6-13)12-25-20(22)19(14(2)24-25)21(26)23-16-9-10-17(27-3)18(11-16)28-4/h5-11H,12H2,1-4H3,(H,23,26). The second kappa shape index (κ2) is 8.35. The highest BCUT2D eigenvalue weighted by Gasteiger charge is 2.21. The number of halogens is 1. The van der Waals surface area contributed by atoms with Crippen LogP contribution < -0.4 is 14.8 Å². The number of nitrogens with zero attached hydrogens (tertiary/aromatic N) is 2. The maximum Gasteiger partial charge on any atom is 0.260 e. The van der Waals surface area contributed by atoms with Crippen molar-refractivity contribution in [1.82, 2.24) is 9.78 Å². The highest BCUT2D eigenvalue weighted by atomic mass is 35.5. The van der Waals surface area contributed by atoms with Gasteiger partial charge in [0.2, 0.25) is 0 Å². The number of benzene rings is 2. The first-order valence-electron chi connectivity index (χ1n) is 8.74. The third kappa shape index (κ3) is 4.12. The van der Waals surface area contributed by atoms with Crippen molar-refractivity contribution in [2.75, 3.05) is 19.5 Å². The molecule has 3 aromatic rings. The van der Waals surface area contributed by atoms with E-state index in [1.807, 2.05) is 31.2 Å². The van der Waals surface area contributed by atoms with Crippen LogP contribution in [0.4, 0.5) is 5.69 Å². The summed E-state index contributed by atoms with van der Waals surface area (Å²) in [5.74, 6) is 0.781. The molecule has 0 aliphatic heterocycles. The predicted molar refractivity (Wildman–Crippen MR) is 110 cm³/mol. The van der Waals surface area contributed by atoms with Crippen molar-refractivity contribution in [3.8, 4) is 11.5 Å². The molecule has 1 heterocycles. The number of ether oxygens (including phenoxy) is 2. The molecule has 1 amide bonds. The fourth-order valence-corrected chi connectivity index (χ4v) is 3.21. The summed E-state index contributed by atoms with van der Waals surface area (Å²) in [6.07, 6.45) is 0. The van der Waals surface area contributed by atoms with Crippen LogP contribution in [-0.2, 0) is 6.54 Å². The van der Waals surface area contributed by atoms with Crippen LogP contribution in [0.5, 0.6) is 11.5 Å². The Labute approximate surface area is 169 Å². The van der Waals surface area contributed by atoms with E-state index in [4.69, 9.17) is 21.1 Å². The lowest BCUT2D eigenvalue weighted by atomic mass is 10.1. The average molecular weight is 400 g/mol. The number of anilines is 1. The lowest BCUT2D eigenvalue weighted by Crippen LogP contribution is -2.13. The molecule has 0 spiro atoms. The molecule has 6 nitrogen and oxygen atoms in total. The fourth-order valence-electron chi connectivity index (χ4n) is 2.89. The predicted octanol–water partition coefficient (Wildman–Crippen LogP) is 4.47. The quantitative estimate of drug-likeness (QED) is 0.664. The molecule has 146 valence electrons. The van der Waals surface area contributed by atoms with Gasteiger partial charge in [-0.05, 0) is 31.5 Å². The topological polar surface area (TPSA) is 65.4 Å². The molecule has 0 atom stereocenters. The van der Waals surface area contributed by atoms with Gasteiger partial charge in [0.15, 0.2) is 11.5 Å². The zero-order chi connectivity index (χ0) is 20.3. The zero-order valence-corrected chi connectivity index (χ0v) is 17.0. The van der Waals surface area contributed by atoms with E-state index in [0.717, 1.165) is 5.56 Å². The summed E-state index contributed by atoms with van der Waals surface area (Å²) in [7, 11) is 3.10. The molecule has 1 N–H and O–H groups in total. The van der Waals surface area contributed by atoms with Gasteiger partial charge in [0.25, 0.3) is 5.91 Å². The van der Waals surface area contributed by atoms with Gasteiger partial charge in [-0.15, -0.1) is 0 Å².